The summed E-state index contributed by atoms with van der Waals surface area (Å²) in [5.74, 6) is 2.66. The standard InChI is InChI=1S/C26H30N4O4/c1-3-17(12-16-8-11-27-23(16)31)28-24(32)21-14-26(9-5-10-26)15-30(21)25(33)20-13-18-19(29-20)6-4-7-22(18)34-2/h1,4,6-7,13,16-17,21,29H,5,8-12,14-15H2,2H3,(H,27,31)(H,28,32). The first-order valence-corrected chi connectivity index (χ1v) is 11.9. The monoisotopic (exact) mass is 462 g/mol. The lowest BCUT2D eigenvalue weighted by Gasteiger charge is -2.37. The highest BCUT2D eigenvalue weighted by molar-refractivity contribution is 6.02. The number of aromatic amines is 1. The number of methoxy groups -OCH3 is 1. The Morgan fingerprint density at radius 1 is 1.38 bits per heavy atom. The van der Waals surface area contributed by atoms with E-state index in [-0.39, 0.29) is 29.1 Å². The fourth-order valence-corrected chi connectivity index (χ4v) is 5.71. The molecule has 2 aromatic rings. The Morgan fingerprint density at radius 3 is 2.85 bits per heavy atom. The summed E-state index contributed by atoms with van der Waals surface area (Å²) < 4.78 is 5.43. The van der Waals surface area contributed by atoms with Crippen LogP contribution in [0.1, 0.15) is 49.0 Å². The quantitative estimate of drug-likeness (QED) is 0.573. The van der Waals surface area contributed by atoms with Crippen LogP contribution in [0.2, 0.25) is 0 Å². The van der Waals surface area contributed by atoms with Gasteiger partial charge in [0.15, 0.2) is 0 Å². The van der Waals surface area contributed by atoms with Crippen LogP contribution in [0.4, 0.5) is 0 Å². The molecule has 1 aromatic carbocycles. The predicted molar refractivity (Wildman–Crippen MR) is 127 cm³/mol. The molecular formula is C26H30N4O4. The zero-order chi connectivity index (χ0) is 23.9. The Labute approximate surface area is 198 Å². The zero-order valence-electron chi connectivity index (χ0n) is 19.4. The van der Waals surface area contributed by atoms with Gasteiger partial charge in [-0.1, -0.05) is 18.4 Å². The highest BCUT2D eigenvalue weighted by atomic mass is 16.5. The van der Waals surface area contributed by atoms with Crippen LogP contribution >= 0.6 is 0 Å². The number of carbonyl (C=O) groups is 3. The number of fused-ring (bicyclic) bond motifs is 1. The number of nitrogens with one attached hydrogen (secondary N) is 3. The molecule has 3 fully saturated rings. The van der Waals surface area contributed by atoms with Gasteiger partial charge in [0.2, 0.25) is 11.8 Å². The van der Waals surface area contributed by atoms with Crippen molar-refractivity contribution in [3.8, 4) is 18.1 Å². The molecule has 1 spiro atoms. The number of aromatic nitrogens is 1. The van der Waals surface area contributed by atoms with E-state index < -0.39 is 12.1 Å². The van der Waals surface area contributed by atoms with E-state index in [1.165, 1.54) is 0 Å². The minimum absolute atomic E-state index is 0.00164. The van der Waals surface area contributed by atoms with E-state index in [1.54, 1.807) is 18.1 Å². The van der Waals surface area contributed by atoms with Gasteiger partial charge in [0.25, 0.3) is 5.91 Å². The molecule has 1 aromatic heterocycles. The molecular weight excluding hydrogens is 432 g/mol. The normalized spacial score (nSPS) is 23.9. The van der Waals surface area contributed by atoms with Crippen LogP contribution in [0.25, 0.3) is 10.9 Å². The van der Waals surface area contributed by atoms with Crippen molar-refractivity contribution in [2.45, 2.75) is 50.6 Å². The van der Waals surface area contributed by atoms with Crippen molar-refractivity contribution in [3.63, 3.8) is 0 Å². The Morgan fingerprint density at radius 2 is 2.21 bits per heavy atom. The summed E-state index contributed by atoms with van der Waals surface area (Å²) in [7, 11) is 1.60. The second-order valence-electron chi connectivity index (χ2n) is 9.85. The summed E-state index contributed by atoms with van der Waals surface area (Å²) in [4.78, 5) is 43.9. The average molecular weight is 463 g/mol. The maximum absolute atomic E-state index is 13.6. The number of ether oxygens (including phenoxy) is 1. The number of H-pyrrole nitrogens is 1. The maximum Gasteiger partial charge on any atom is 0.271 e. The SMILES string of the molecule is C#CC(CC1CCNC1=O)NC(=O)C1CC2(CCC2)CN1C(=O)c1cc2c(OC)cccc2[nH]1. The number of hydrogen-bond acceptors (Lipinski definition) is 4. The first kappa shape index (κ1) is 22.3. The molecule has 3 amide bonds. The van der Waals surface area contributed by atoms with Gasteiger partial charge in [0.05, 0.1) is 13.2 Å². The van der Waals surface area contributed by atoms with Crippen LogP contribution in [-0.2, 0) is 9.59 Å². The van der Waals surface area contributed by atoms with Gasteiger partial charge in [-0.15, -0.1) is 6.42 Å². The Hall–Kier alpha value is -3.47. The van der Waals surface area contributed by atoms with E-state index in [2.05, 4.69) is 21.5 Å². The summed E-state index contributed by atoms with van der Waals surface area (Å²) in [5.41, 5.74) is 1.24. The predicted octanol–water partition coefficient (Wildman–Crippen LogP) is 2.21. The summed E-state index contributed by atoms with van der Waals surface area (Å²) in [6.07, 6.45) is 10.6. The molecule has 5 rings (SSSR count). The molecule has 0 radical (unpaired) electrons. The van der Waals surface area contributed by atoms with E-state index in [9.17, 15) is 14.4 Å². The van der Waals surface area contributed by atoms with Crippen LogP contribution in [0.15, 0.2) is 24.3 Å². The molecule has 1 aliphatic carbocycles. The molecule has 0 bridgehead atoms. The highest BCUT2D eigenvalue weighted by Gasteiger charge is 2.52. The Balaban J connectivity index is 1.36. The molecule has 3 heterocycles. The van der Waals surface area contributed by atoms with Gasteiger partial charge in [0.1, 0.15) is 17.5 Å². The van der Waals surface area contributed by atoms with Crippen LogP contribution in [0.5, 0.6) is 5.75 Å². The number of carbonyl (C=O) groups excluding carboxylic acids is 3. The van der Waals surface area contributed by atoms with E-state index in [0.717, 1.165) is 30.2 Å². The van der Waals surface area contributed by atoms with E-state index in [1.807, 2.05) is 18.2 Å². The zero-order valence-corrected chi connectivity index (χ0v) is 19.4. The number of terminal acetylenes is 1. The van der Waals surface area contributed by atoms with Gasteiger partial charge in [-0.05, 0) is 55.7 Å². The minimum Gasteiger partial charge on any atom is -0.496 e. The first-order valence-electron chi connectivity index (χ1n) is 11.9. The van der Waals surface area contributed by atoms with E-state index >= 15 is 0 Å². The molecule has 2 saturated heterocycles. The van der Waals surface area contributed by atoms with Crippen molar-refractivity contribution >= 4 is 28.6 Å². The van der Waals surface area contributed by atoms with Crippen molar-refractivity contribution in [3.05, 3.63) is 30.0 Å². The van der Waals surface area contributed by atoms with Crippen molar-refractivity contribution in [1.82, 2.24) is 20.5 Å². The van der Waals surface area contributed by atoms with Gasteiger partial charge < -0.3 is 25.3 Å². The van der Waals surface area contributed by atoms with Crippen LogP contribution in [0.3, 0.4) is 0 Å². The van der Waals surface area contributed by atoms with Gasteiger partial charge in [-0.2, -0.15) is 0 Å². The number of amides is 3. The van der Waals surface area contributed by atoms with E-state index in [4.69, 9.17) is 11.2 Å². The molecule has 3 aliphatic rings. The van der Waals surface area contributed by atoms with Crippen molar-refractivity contribution in [2.75, 3.05) is 20.2 Å². The largest absolute Gasteiger partial charge is 0.496 e. The topological polar surface area (TPSA) is 104 Å². The lowest BCUT2D eigenvalue weighted by atomic mass is 9.67. The molecule has 3 unspecified atom stereocenters. The molecule has 178 valence electrons. The number of likely N-dealkylation sites (tertiary alicyclic amines) is 1. The summed E-state index contributed by atoms with van der Waals surface area (Å²) in [5, 5.41) is 6.58. The Bertz CT molecular complexity index is 1180. The van der Waals surface area contributed by atoms with Crippen molar-refractivity contribution in [1.29, 1.82) is 0 Å². The number of rotatable bonds is 6. The van der Waals surface area contributed by atoms with Gasteiger partial charge >= 0.3 is 0 Å². The third-order valence-electron chi connectivity index (χ3n) is 7.76. The lowest BCUT2D eigenvalue weighted by Crippen LogP contribution is -2.49. The second-order valence-corrected chi connectivity index (χ2v) is 9.85. The average Bonchev–Trinajstić information content (AvgIpc) is 3.54. The third-order valence-corrected chi connectivity index (χ3v) is 7.76. The molecule has 3 atom stereocenters. The maximum atomic E-state index is 13.6. The second kappa shape index (κ2) is 8.71. The van der Waals surface area contributed by atoms with Crippen LogP contribution in [-0.4, -0.2) is 59.9 Å². The van der Waals surface area contributed by atoms with Gasteiger partial charge in [0, 0.05) is 29.9 Å². The summed E-state index contributed by atoms with van der Waals surface area (Å²) >= 11 is 0. The minimum atomic E-state index is -0.589. The van der Waals surface area contributed by atoms with Gasteiger partial charge in [-0.3, -0.25) is 14.4 Å². The van der Waals surface area contributed by atoms with Crippen molar-refractivity contribution in [2.24, 2.45) is 11.3 Å². The lowest BCUT2D eigenvalue weighted by molar-refractivity contribution is -0.126. The Kier molecular flexibility index (Phi) is 5.72. The molecule has 1 saturated carbocycles. The first-order chi connectivity index (χ1) is 16.4. The van der Waals surface area contributed by atoms with Gasteiger partial charge in [-0.25, -0.2) is 0 Å². The highest BCUT2D eigenvalue weighted by Crippen LogP contribution is 2.50. The fourth-order valence-electron chi connectivity index (χ4n) is 5.71. The molecule has 3 N–H and O–H groups in total. The number of hydrogen-bond donors (Lipinski definition) is 3. The van der Waals surface area contributed by atoms with Crippen LogP contribution < -0.4 is 15.4 Å². The smallest absolute Gasteiger partial charge is 0.271 e. The van der Waals surface area contributed by atoms with Crippen molar-refractivity contribution < 1.29 is 19.1 Å². The van der Waals surface area contributed by atoms with Crippen LogP contribution in [0, 0.1) is 23.7 Å². The summed E-state index contributed by atoms with van der Waals surface area (Å²) in [6.45, 7) is 1.19. The molecule has 2 aliphatic heterocycles. The third kappa shape index (κ3) is 3.89. The fraction of sp³-hybridized carbons (Fsp3) is 0.500. The molecule has 34 heavy (non-hydrogen) atoms. The molecule has 8 heteroatoms. The number of nitrogens with zero attached hydrogens (tertiary/aromatic N) is 1. The molecule has 8 nitrogen and oxygen atoms in total. The summed E-state index contributed by atoms with van der Waals surface area (Å²) in [6, 6.07) is 6.27. The number of benzene rings is 1. The van der Waals surface area contributed by atoms with E-state index in [0.29, 0.717) is 43.8 Å².